The molecule has 2 fully saturated rings. The number of nitrogens with zero attached hydrogens (tertiary/aromatic N) is 12. The zero-order valence-corrected chi connectivity index (χ0v) is 47.7. The van der Waals surface area contributed by atoms with Crippen molar-refractivity contribution < 1.29 is 33.4 Å². The first-order valence-corrected chi connectivity index (χ1v) is 28.2. The van der Waals surface area contributed by atoms with E-state index in [1.807, 2.05) is 76.4 Å². The Morgan fingerprint density at radius 3 is 2.09 bits per heavy atom. The summed E-state index contributed by atoms with van der Waals surface area (Å²) >= 11 is 0. The summed E-state index contributed by atoms with van der Waals surface area (Å²) in [7, 11) is 0. The minimum absolute atomic E-state index is 0.0345. The van der Waals surface area contributed by atoms with Gasteiger partial charge in [-0.05, 0) is 132 Å². The van der Waals surface area contributed by atoms with Gasteiger partial charge in [0.2, 0.25) is 17.7 Å². The molecule has 2 saturated heterocycles. The normalized spacial score (nSPS) is 15.3. The molecular weight excluding hydrogens is 1030 g/mol. The molecule has 428 valence electrons. The topological polar surface area (TPSA) is 216 Å². The molecule has 6 heterocycles. The number of aromatic hydroxyl groups is 2. The molecule has 0 unspecified atom stereocenters. The van der Waals surface area contributed by atoms with E-state index in [1.54, 1.807) is 42.8 Å². The lowest BCUT2D eigenvalue weighted by atomic mass is 9.94. The molecule has 0 saturated carbocycles. The van der Waals surface area contributed by atoms with E-state index in [4.69, 9.17) is 4.98 Å². The maximum Gasteiger partial charge on any atom is 0.289 e. The van der Waals surface area contributed by atoms with Gasteiger partial charge in [-0.15, -0.1) is 10.2 Å². The Hall–Kier alpha value is -7.75. The molecule has 19 nitrogen and oxygen atoms in total. The summed E-state index contributed by atoms with van der Waals surface area (Å²) in [6.07, 6.45) is 4.01. The highest BCUT2D eigenvalue weighted by Crippen LogP contribution is 2.39. The van der Waals surface area contributed by atoms with Gasteiger partial charge in [-0.25, -0.2) is 33.6 Å². The van der Waals surface area contributed by atoms with Crippen molar-refractivity contribution in [3.05, 3.63) is 113 Å². The predicted molar refractivity (Wildman–Crippen MR) is 306 cm³/mol. The first-order chi connectivity index (χ1) is 38.8. The van der Waals surface area contributed by atoms with Crippen LogP contribution in [0, 0.1) is 30.4 Å². The lowest BCUT2D eigenvalue weighted by Crippen LogP contribution is -2.51. The number of phenols is 2. The lowest BCUT2D eigenvalue weighted by Gasteiger charge is -2.34. The molecule has 0 bridgehead atoms. The Balaban J connectivity index is 0.936. The van der Waals surface area contributed by atoms with Crippen LogP contribution in [0.25, 0.3) is 39.4 Å². The van der Waals surface area contributed by atoms with E-state index >= 15 is 13.6 Å². The van der Waals surface area contributed by atoms with Crippen LogP contribution < -0.4 is 15.5 Å². The molecule has 2 aliphatic rings. The number of piperidine rings is 1. The van der Waals surface area contributed by atoms with Crippen LogP contribution in [-0.4, -0.2) is 140 Å². The van der Waals surface area contributed by atoms with Crippen LogP contribution in [0.1, 0.15) is 120 Å². The molecule has 0 aliphatic carbocycles. The van der Waals surface area contributed by atoms with Crippen LogP contribution in [0.15, 0.2) is 73.1 Å². The number of hydrogen-bond acceptors (Lipinski definition) is 14. The average molecular weight is 1110 g/mol. The SMILES string of the molecule is CCNC(=O)c1nnc(-c2cc(C(C)C)c(O)cc2O)n1-c1ccc(CN2CCC(C(=O)N[C@H](CC(C)C)C(=O)N(c3ccc(CN4CCN(CC)CC4)cn3)c3ncc(F)c(-c4cc(F)c5nc(C)n(C(C)C)c5c4)n3)CC2)cc1. The zero-order chi connectivity index (χ0) is 57.8. The Bertz CT molecular complexity index is 3380. The van der Waals surface area contributed by atoms with Gasteiger partial charge in [0.15, 0.2) is 17.5 Å². The molecule has 9 rings (SSSR count). The fourth-order valence-electron chi connectivity index (χ4n) is 11.0. The fraction of sp³-hybridized carbons (Fsp3) is 0.450. The van der Waals surface area contributed by atoms with Gasteiger partial charge in [0, 0.05) is 81.3 Å². The monoisotopic (exact) mass is 1110 g/mol. The molecule has 3 aromatic carbocycles. The van der Waals surface area contributed by atoms with Gasteiger partial charge >= 0.3 is 0 Å². The molecule has 0 spiro atoms. The second-order valence-corrected chi connectivity index (χ2v) is 22.3. The van der Waals surface area contributed by atoms with Crippen LogP contribution in [-0.2, 0) is 22.7 Å². The number of amides is 3. The third kappa shape index (κ3) is 12.7. The van der Waals surface area contributed by atoms with Gasteiger partial charge in [0.05, 0.1) is 17.3 Å². The Kier molecular flexibility index (Phi) is 17.8. The van der Waals surface area contributed by atoms with Crippen molar-refractivity contribution in [1.29, 1.82) is 0 Å². The molecule has 4 N–H and O–H groups in total. The number of fused-ring (bicyclic) bond motifs is 1. The van der Waals surface area contributed by atoms with Gasteiger partial charge in [-0.2, -0.15) is 0 Å². The number of carbonyl (C=O) groups excluding carboxylic acids is 3. The van der Waals surface area contributed by atoms with Crippen LogP contribution in [0.2, 0.25) is 0 Å². The third-order valence-electron chi connectivity index (χ3n) is 15.3. The number of carbonyl (C=O) groups is 3. The number of aromatic nitrogens is 8. The first-order valence-electron chi connectivity index (χ1n) is 28.2. The molecule has 3 amide bonds. The van der Waals surface area contributed by atoms with Crippen LogP contribution >= 0.6 is 0 Å². The summed E-state index contributed by atoms with van der Waals surface area (Å²) < 4.78 is 35.4. The number of nitrogens with one attached hydrogen (secondary N) is 2. The van der Waals surface area contributed by atoms with E-state index < -0.39 is 35.4 Å². The minimum Gasteiger partial charge on any atom is -0.508 e. The maximum absolute atomic E-state index is 16.1. The number of pyridine rings is 1. The number of piperazine rings is 1. The van der Waals surface area contributed by atoms with Gasteiger partial charge in [-0.3, -0.25) is 28.8 Å². The van der Waals surface area contributed by atoms with Crippen LogP contribution in [0.4, 0.5) is 20.5 Å². The molecule has 7 aromatic rings. The molecular formula is C60H74F2N14O5. The minimum atomic E-state index is -1.05. The number of hydrogen-bond donors (Lipinski definition) is 4. The van der Waals surface area contributed by atoms with Gasteiger partial charge in [-0.1, -0.05) is 52.8 Å². The van der Waals surface area contributed by atoms with Crippen molar-refractivity contribution in [2.24, 2.45) is 11.8 Å². The number of likely N-dealkylation sites (N-methyl/N-ethyl adjacent to an activating group) is 1. The smallest absolute Gasteiger partial charge is 0.289 e. The van der Waals surface area contributed by atoms with Gasteiger partial charge in [0.1, 0.15) is 40.4 Å². The number of phenolic OH excluding ortho intramolecular Hbond substituents is 2. The van der Waals surface area contributed by atoms with Crippen molar-refractivity contribution in [1.82, 2.24) is 64.6 Å². The highest BCUT2D eigenvalue weighted by atomic mass is 19.1. The lowest BCUT2D eigenvalue weighted by molar-refractivity contribution is -0.131. The summed E-state index contributed by atoms with van der Waals surface area (Å²) in [6, 6.07) is 15.9. The summed E-state index contributed by atoms with van der Waals surface area (Å²) in [5.41, 5.74) is 3.98. The fourth-order valence-corrected chi connectivity index (χ4v) is 11.0. The van der Waals surface area contributed by atoms with Crippen molar-refractivity contribution >= 4 is 40.5 Å². The van der Waals surface area contributed by atoms with E-state index in [-0.39, 0.29) is 81.9 Å². The summed E-state index contributed by atoms with van der Waals surface area (Å²) in [4.78, 5) is 69.5. The second kappa shape index (κ2) is 24.9. The average Bonchev–Trinajstić information content (AvgIpc) is 4.20. The maximum atomic E-state index is 16.1. The number of imidazole rings is 1. The summed E-state index contributed by atoms with van der Waals surface area (Å²) in [5, 5.41) is 36.0. The van der Waals surface area contributed by atoms with Gasteiger partial charge in [0.25, 0.3) is 11.8 Å². The van der Waals surface area contributed by atoms with Crippen LogP contribution in [0.5, 0.6) is 11.5 Å². The van der Waals surface area contributed by atoms with Crippen LogP contribution in [0.3, 0.4) is 0 Å². The third-order valence-corrected chi connectivity index (χ3v) is 15.3. The van der Waals surface area contributed by atoms with E-state index in [1.165, 1.54) is 17.0 Å². The Labute approximate surface area is 471 Å². The predicted octanol–water partition coefficient (Wildman–Crippen LogP) is 8.83. The molecule has 81 heavy (non-hydrogen) atoms. The number of benzene rings is 3. The van der Waals surface area contributed by atoms with E-state index in [2.05, 4.69) is 57.4 Å². The number of aryl methyl sites for hydroxylation is 1. The number of halogens is 2. The van der Waals surface area contributed by atoms with E-state index in [9.17, 15) is 19.8 Å². The zero-order valence-electron chi connectivity index (χ0n) is 47.7. The standard InChI is InChI=1S/C60H74F2N14O5/c1-10-63-58(80)56-70-69-55(45-29-44(36(5)6)50(77)30-51(45)78)75(56)43-15-12-39(13-16-43)33-72-20-18-41(19-21-72)57(79)67-48(26-35(3)4)59(81)76(52-17-14-40(31-64-52)34-73-24-22-71(11-2)23-25-73)60-65-32-47(62)53(68-60)42-27-46(61)54-49(28-42)74(37(7)8)38(9)66-54/h12-17,27-32,35-37,41,48,77-78H,10-11,18-26,33-34H2,1-9H3,(H,63,80)(H,67,79)/t48-/m1/s1. The molecule has 21 heteroatoms. The van der Waals surface area contributed by atoms with Gasteiger partial charge < -0.3 is 30.3 Å². The Morgan fingerprint density at radius 1 is 0.765 bits per heavy atom. The van der Waals surface area contributed by atoms with Crippen molar-refractivity contribution in [2.75, 3.05) is 57.3 Å². The summed E-state index contributed by atoms with van der Waals surface area (Å²) in [5.74, 6) is -2.62. The molecule has 4 aromatic heterocycles. The van der Waals surface area contributed by atoms with Crippen molar-refractivity contribution in [2.45, 2.75) is 113 Å². The number of anilines is 2. The number of rotatable bonds is 19. The molecule has 2 aliphatic heterocycles. The highest BCUT2D eigenvalue weighted by molar-refractivity contribution is 6.03. The molecule has 0 radical (unpaired) electrons. The van der Waals surface area contributed by atoms with Crippen molar-refractivity contribution in [3.63, 3.8) is 0 Å². The second-order valence-electron chi connectivity index (χ2n) is 22.3. The highest BCUT2D eigenvalue weighted by Gasteiger charge is 2.35. The largest absolute Gasteiger partial charge is 0.508 e. The summed E-state index contributed by atoms with van der Waals surface area (Å²) in [6.45, 7) is 25.0. The van der Waals surface area contributed by atoms with Crippen molar-refractivity contribution in [3.8, 4) is 39.8 Å². The first kappa shape index (κ1) is 57.9. The van der Waals surface area contributed by atoms with E-state index in [0.717, 1.165) is 50.0 Å². The quantitative estimate of drug-likeness (QED) is 0.0596. The number of likely N-dealkylation sites (tertiary alicyclic amines) is 1. The Morgan fingerprint density at radius 2 is 1.44 bits per heavy atom. The molecule has 1 atom stereocenters. The van der Waals surface area contributed by atoms with E-state index in [0.29, 0.717) is 73.7 Å².